The molecule has 0 aliphatic rings. The van der Waals surface area contributed by atoms with Crippen molar-refractivity contribution in [2.75, 3.05) is 11.5 Å². The molecule has 7 nitrogen and oxygen atoms in total. The highest BCUT2D eigenvalue weighted by Gasteiger charge is 2.07. The van der Waals surface area contributed by atoms with Crippen molar-refractivity contribution in [2.45, 2.75) is 12.8 Å². The van der Waals surface area contributed by atoms with Crippen LogP contribution < -0.4 is 0 Å². The van der Waals surface area contributed by atoms with Crippen LogP contribution in [0.15, 0.2) is 18.3 Å². The highest BCUT2D eigenvalue weighted by Crippen LogP contribution is 2.04. The Morgan fingerprint density at radius 1 is 0.944 bits per heavy atom. The quantitative estimate of drug-likeness (QED) is 0.705. The van der Waals surface area contributed by atoms with Crippen molar-refractivity contribution in [1.29, 1.82) is 0 Å². The zero-order valence-corrected chi connectivity index (χ0v) is 11.0. The molecule has 0 aromatic carbocycles. The maximum atomic E-state index is 10.5. The van der Waals surface area contributed by atoms with E-state index in [2.05, 4.69) is 4.98 Å². The fraction of sp³-hybridized carbons (Fsp3) is 0.444. The molecule has 18 heavy (non-hydrogen) atoms. The van der Waals surface area contributed by atoms with Crippen molar-refractivity contribution in [3.05, 3.63) is 29.6 Å². The van der Waals surface area contributed by atoms with Gasteiger partial charge in [0.1, 0.15) is 0 Å². The fourth-order valence-electron chi connectivity index (χ4n) is 1.23. The van der Waals surface area contributed by atoms with Gasteiger partial charge in [0, 0.05) is 18.3 Å². The number of aryl methyl sites for hydroxylation is 2. The van der Waals surface area contributed by atoms with Crippen LogP contribution in [0.3, 0.4) is 0 Å². The van der Waals surface area contributed by atoms with Crippen molar-refractivity contribution in [1.82, 2.24) is 4.98 Å². The molecule has 1 rings (SSSR count). The van der Waals surface area contributed by atoms with Gasteiger partial charge in [0.25, 0.3) is 20.2 Å². The highest BCUT2D eigenvalue weighted by atomic mass is 32.2. The monoisotopic (exact) mass is 295 g/mol. The molecule has 2 N–H and O–H groups in total. The van der Waals surface area contributed by atoms with E-state index in [0.717, 1.165) is 0 Å². The van der Waals surface area contributed by atoms with E-state index in [4.69, 9.17) is 9.11 Å². The normalized spacial score (nSPS) is 12.6. The van der Waals surface area contributed by atoms with Gasteiger partial charge in [0.15, 0.2) is 0 Å². The Bertz CT molecular complexity index is 535. The van der Waals surface area contributed by atoms with E-state index in [1.807, 2.05) is 0 Å². The highest BCUT2D eigenvalue weighted by molar-refractivity contribution is 7.86. The van der Waals surface area contributed by atoms with E-state index in [1.54, 1.807) is 12.1 Å². The summed E-state index contributed by atoms with van der Waals surface area (Å²) in [5.41, 5.74) is 1.09. The minimum atomic E-state index is -4.01. The molecule has 0 atom stereocenters. The van der Waals surface area contributed by atoms with Crippen LogP contribution in [-0.4, -0.2) is 42.4 Å². The van der Waals surface area contributed by atoms with Crippen molar-refractivity contribution < 1.29 is 25.9 Å². The topological polar surface area (TPSA) is 122 Å². The first-order valence-corrected chi connectivity index (χ1v) is 8.22. The molecule has 9 heteroatoms. The van der Waals surface area contributed by atoms with Crippen LogP contribution >= 0.6 is 0 Å². The molecule has 0 aliphatic carbocycles. The number of hydrogen-bond acceptors (Lipinski definition) is 5. The number of aromatic nitrogens is 1. The third-order valence-electron chi connectivity index (χ3n) is 2.15. The molecule has 0 amide bonds. The third-order valence-corrected chi connectivity index (χ3v) is 3.59. The molecule has 1 aromatic heterocycles. The maximum Gasteiger partial charge on any atom is 0.265 e. The van der Waals surface area contributed by atoms with Crippen LogP contribution in [0.2, 0.25) is 0 Å². The van der Waals surface area contributed by atoms with Gasteiger partial charge in [-0.1, -0.05) is 6.07 Å². The van der Waals surface area contributed by atoms with Crippen molar-refractivity contribution >= 4 is 20.2 Å². The van der Waals surface area contributed by atoms with E-state index >= 15 is 0 Å². The van der Waals surface area contributed by atoms with Crippen molar-refractivity contribution in [3.63, 3.8) is 0 Å². The van der Waals surface area contributed by atoms with Crippen molar-refractivity contribution in [2.24, 2.45) is 0 Å². The first-order chi connectivity index (χ1) is 8.16. The predicted molar refractivity (Wildman–Crippen MR) is 64.5 cm³/mol. The first-order valence-electron chi connectivity index (χ1n) is 5.00. The summed E-state index contributed by atoms with van der Waals surface area (Å²) in [6, 6.07) is 3.14. The lowest BCUT2D eigenvalue weighted by Crippen LogP contribution is -2.09. The largest absolute Gasteiger partial charge is 0.286 e. The summed E-state index contributed by atoms with van der Waals surface area (Å²) < 4.78 is 59.2. The number of pyridine rings is 1. The van der Waals surface area contributed by atoms with Gasteiger partial charge in [0.2, 0.25) is 0 Å². The second kappa shape index (κ2) is 5.74. The molecular weight excluding hydrogens is 282 g/mol. The zero-order chi connectivity index (χ0) is 13.8. The number of rotatable bonds is 6. The Balaban J connectivity index is 2.58. The van der Waals surface area contributed by atoms with Crippen LogP contribution in [0.4, 0.5) is 0 Å². The van der Waals surface area contributed by atoms with E-state index in [9.17, 15) is 16.8 Å². The standard InChI is InChI=1S/C9H13NO6S2/c11-17(12,13)5-3-8-1-2-9(10-7-8)4-6-18(14,15)16/h1-2,7H,3-6H2,(H,11,12,13)(H,14,15,16). The Morgan fingerprint density at radius 3 is 1.94 bits per heavy atom. The van der Waals surface area contributed by atoms with Crippen LogP contribution in [-0.2, 0) is 33.1 Å². The van der Waals surface area contributed by atoms with E-state index < -0.39 is 26.0 Å². The van der Waals surface area contributed by atoms with Gasteiger partial charge in [0.05, 0.1) is 11.5 Å². The Kier molecular flexibility index (Phi) is 4.79. The molecule has 0 spiro atoms. The SMILES string of the molecule is O=S(=O)(O)CCc1ccc(CCS(=O)(=O)O)nc1. The molecule has 0 saturated heterocycles. The molecule has 0 saturated carbocycles. The molecule has 1 aromatic rings. The first kappa shape index (κ1) is 15.0. The van der Waals surface area contributed by atoms with Gasteiger partial charge in [-0.2, -0.15) is 16.8 Å². The summed E-state index contributed by atoms with van der Waals surface area (Å²) in [6.45, 7) is 0. The minimum absolute atomic E-state index is 0.0808. The molecule has 0 fully saturated rings. The lowest BCUT2D eigenvalue weighted by atomic mass is 10.2. The fourth-order valence-corrected chi connectivity index (χ4v) is 2.19. The number of hydrogen-bond donors (Lipinski definition) is 2. The van der Waals surface area contributed by atoms with Gasteiger partial charge < -0.3 is 0 Å². The van der Waals surface area contributed by atoms with Crippen LogP contribution in [0.5, 0.6) is 0 Å². The summed E-state index contributed by atoms with van der Waals surface area (Å²) in [4.78, 5) is 3.93. The summed E-state index contributed by atoms with van der Waals surface area (Å²) in [7, 11) is -8.02. The molecule has 0 aliphatic heterocycles. The van der Waals surface area contributed by atoms with Crippen LogP contribution in [0, 0.1) is 0 Å². The van der Waals surface area contributed by atoms with Crippen LogP contribution in [0.25, 0.3) is 0 Å². The van der Waals surface area contributed by atoms with Crippen LogP contribution in [0.1, 0.15) is 11.3 Å². The lowest BCUT2D eigenvalue weighted by Gasteiger charge is -2.02. The average Bonchev–Trinajstić information content (AvgIpc) is 2.23. The molecule has 102 valence electrons. The van der Waals surface area contributed by atoms with E-state index in [-0.39, 0.29) is 18.6 Å². The predicted octanol–water partition coefficient (Wildman–Crippen LogP) is -0.0578. The third kappa shape index (κ3) is 6.64. The molecule has 0 bridgehead atoms. The summed E-state index contributed by atoms with van der Waals surface area (Å²) in [5, 5.41) is 0. The van der Waals surface area contributed by atoms with Gasteiger partial charge in [-0.05, 0) is 18.1 Å². The van der Waals surface area contributed by atoms with E-state index in [0.29, 0.717) is 11.3 Å². The Hall–Kier alpha value is -1.03. The van der Waals surface area contributed by atoms with Gasteiger partial charge >= 0.3 is 0 Å². The summed E-state index contributed by atoms with van der Waals surface area (Å²) in [6.07, 6.45) is 1.62. The lowest BCUT2D eigenvalue weighted by molar-refractivity contribution is 0.480. The Morgan fingerprint density at radius 2 is 1.50 bits per heavy atom. The maximum absolute atomic E-state index is 10.5. The number of nitrogens with zero attached hydrogens (tertiary/aromatic N) is 1. The molecule has 0 unspecified atom stereocenters. The zero-order valence-electron chi connectivity index (χ0n) is 9.35. The van der Waals surface area contributed by atoms with Crippen molar-refractivity contribution in [3.8, 4) is 0 Å². The van der Waals surface area contributed by atoms with Gasteiger partial charge in [-0.3, -0.25) is 14.1 Å². The molecule has 0 radical (unpaired) electrons. The molecular formula is C9H13NO6S2. The van der Waals surface area contributed by atoms with E-state index in [1.165, 1.54) is 6.20 Å². The summed E-state index contributed by atoms with van der Waals surface area (Å²) in [5.74, 6) is -0.802. The second-order valence-corrected chi connectivity index (χ2v) is 6.87. The second-order valence-electron chi connectivity index (χ2n) is 3.73. The minimum Gasteiger partial charge on any atom is -0.286 e. The average molecular weight is 295 g/mol. The molecule has 1 heterocycles. The Labute approximate surface area is 105 Å². The van der Waals surface area contributed by atoms with Gasteiger partial charge in [-0.15, -0.1) is 0 Å². The smallest absolute Gasteiger partial charge is 0.265 e. The van der Waals surface area contributed by atoms with Gasteiger partial charge in [-0.25, -0.2) is 0 Å². The summed E-state index contributed by atoms with van der Waals surface area (Å²) >= 11 is 0.